The van der Waals surface area contributed by atoms with E-state index in [4.69, 9.17) is 9.15 Å². The fraction of sp³-hybridized carbons (Fsp3) is 0.294. The van der Waals surface area contributed by atoms with Crippen LogP contribution in [0.5, 0.6) is 5.75 Å². The SMILES string of the molecule is COc1cccc2cc([C@H](C)NC(=O)N[C@@H](C)c3nccs3)oc12. The lowest BCUT2D eigenvalue weighted by Gasteiger charge is -2.15. The van der Waals surface area contributed by atoms with Crippen molar-refractivity contribution in [2.45, 2.75) is 25.9 Å². The molecule has 6 nitrogen and oxygen atoms in total. The van der Waals surface area contributed by atoms with Gasteiger partial charge in [-0.3, -0.25) is 0 Å². The standard InChI is InChI=1S/C17H19N3O3S/c1-10(19-17(21)20-11(2)16-18-7-8-24-16)14-9-12-5-4-6-13(22-3)15(12)23-14/h4-11H,1-3H3,(H2,19,20,21)/t10-,11-/m0/s1. The molecule has 3 rings (SSSR count). The highest BCUT2D eigenvalue weighted by Crippen LogP contribution is 2.30. The maximum Gasteiger partial charge on any atom is 0.315 e. The van der Waals surface area contributed by atoms with Gasteiger partial charge in [0.15, 0.2) is 11.3 Å². The number of urea groups is 1. The van der Waals surface area contributed by atoms with Gasteiger partial charge in [0.2, 0.25) is 0 Å². The molecule has 0 spiro atoms. The van der Waals surface area contributed by atoms with Gasteiger partial charge in [-0.25, -0.2) is 9.78 Å². The Hall–Kier alpha value is -2.54. The molecule has 7 heteroatoms. The van der Waals surface area contributed by atoms with Gasteiger partial charge in [-0.1, -0.05) is 12.1 Å². The van der Waals surface area contributed by atoms with Gasteiger partial charge in [-0.15, -0.1) is 11.3 Å². The molecular formula is C17H19N3O3S. The zero-order chi connectivity index (χ0) is 17.1. The average molecular weight is 345 g/mol. The van der Waals surface area contributed by atoms with Crippen LogP contribution in [0.1, 0.15) is 36.7 Å². The Bertz CT molecular complexity index is 829. The molecule has 0 aliphatic rings. The Morgan fingerprint density at radius 1 is 1.29 bits per heavy atom. The van der Waals surface area contributed by atoms with Gasteiger partial charge in [-0.2, -0.15) is 0 Å². The molecule has 3 aromatic rings. The lowest BCUT2D eigenvalue weighted by Crippen LogP contribution is -2.38. The third-order valence-corrected chi connectivity index (χ3v) is 4.65. The number of para-hydroxylation sites is 1. The van der Waals surface area contributed by atoms with Gasteiger partial charge in [0.05, 0.1) is 19.2 Å². The summed E-state index contributed by atoms with van der Waals surface area (Å²) in [5.41, 5.74) is 0.681. The lowest BCUT2D eigenvalue weighted by molar-refractivity contribution is 0.233. The summed E-state index contributed by atoms with van der Waals surface area (Å²) < 4.78 is 11.1. The van der Waals surface area contributed by atoms with Crippen molar-refractivity contribution in [1.82, 2.24) is 15.6 Å². The van der Waals surface area contributed by atoms with Crippen LogP contribution in [0.25, 0.3) is 11.0 Å². The molecule has 0 aliphatic carbocycles. The quantitative estimate of drug-likeness (QED) is 0.732. The first-order chi connectivity index (χ1) is 11.6. The number of fused-ring (bicyclic) bond motifs is 1. The van der Waals surface area contributed by atoms with E-state index in [9.17, 15) is 4.79 Å². The van der Waals surface area contributed by atoms with Crippen LogP contribution in [-0.2, 0) is 0 Å². The van der Waals surface area contributed by atoms with Gasteiger partial charge in [0.1, 0.15) is 10.8 Å². The van der Waals surface area contributed by atoms with Crippen LogP contribution in [0.15, 0.2) is 40.3 Å². The predicted molar refractivity (Wildman–Crippen MR) is 93.4 cm³/mol. The zero-order valence-electron chi connectivity index (χ0n) is 13.7. The minimum absolute atomic E-state index is 0.145. The summed E-state index contributed by atoms with van der Waals surface area (Å²) in [6.45, 7) is 3.77. The second-order valence-electron chi connectivity index (χ2n) is 5.46. The summed E-state index contributed by atoms with van der Waals surface area (Å²) in [6.07, 6.45) is 1.72. The number of hydrogen-bond acceptors (Lipinski definition) is 5. The van der Waals surface area contributed by atoms with Crippen molar-refractivity contribution >= 4 is 28.3 Å². The number of carbonyl (C=O) groups is 1. The molecule has 0 saturated carbocycles. The van der Waals surface area contributed by atoms with E-state index < -0.39 is 0 Å². The van der Waals surface area contributed by atoms with Crippen molar-refractivity contribution < 1.29 is 13.9 Å². The number of carbonyl (C=O) groups excluding carboxylic acids is 1. The van der Waals surface area contributed by atoms with Gasteiger partial charge in [0.25, 0.3) is 0 Å². The van der Waals surface area contributed by atoms with E-state index in [0.717, 1.165) is 10.4 Å². The van der Waals surface area contributed by atoms with Gasteiger partial charge < -0.3 is 19.8 Å². The summed E-state index contributed by atoms with van der Waals surface area (Å²) in [4.78, 5) is 16.4. The summed E-state index contributed by atoms with van der Waals surface area (Å²) in [7, 11) is 1.60. The monoisotopic (exact) mass is 345 g/mol. The molecule has 2 atom stereocenters. The first-order valence-corrected chi connectivity index (χ1v) is 8.49. The first-order valence-electron chi connectivity index (χ1n) is 7.61. The zero-order valence-corrected chi connectivity index (χ0v) is 14.5. The molecule has 24 heavy (non-hydrogen) atoms. The van der Waals surface area contributed by atoms with Crippen molar-refractivity contribution in [3.63, 3.8) is 0 Å². The summed E-state index contributed by atoms with van der Waals surface area (Å²) in [6, 6.07) is 6.92. The number of thiazole rings is 1. The number of benzene rings is 1. The van der Waals surface area contributed by atoms with E-state index >= 15 is 0 Å². The highest BCUT2D eigenvalue weighted by atomic mass is 32.1. The number of methoxy groups -OCH3 is 1. The molecule has 0 fully saturated rings. The lowest BCUT2D eigenvalue weighted by atomic mass is 10.2. The van der Waals surface area contributed by atoms with Crippen molar-refractivity contribution in [3.05, 3.63) is 46.6 Å². The molecule has 0 radical (unpaired) electrons. The molecule has 0 unspecified atom stereocenters. The molecule has 0 saturated heterocycles. The number of rotatable bonds is 5. The van der Waals surface area contributed by atoms with Gasteiger partial charge in [0, 0.05) is 17.0 Å². The normalized spacial score (nSPS) is 13.5. The first kappa shape index (κ1) is 16.3. The summed E-state index contributed by atoms with van der Waals surface area (Å²) in [5.74, 6) is 1.35. The number of amides is 2. The predicted octanol–water partition coefficient (Wildman–Crippen LogP) is 4.02. The number of furan rings is 1. The van der Waals surface area contributed by atoms with Crippen LogP contribution >= 0.6 is 11.3 Å². The number of nitrogens with one attached hydrogen (secondary N) is 2. The van der Waals surface area contributed by atoms with E-state index in [2.05, 4.69) is 15.6 Å². The highest BCUT2D eigenvalue weighted by molar-refractivity contribution is 7.09. The number of ether oxygens (including phenoxy) is 1. The van der Waals surface area contributed by atoms with Crippen molar-refractivity contribution in [1.29, 1.82) is 0 Å². The topological polar surface area (TPSA) is 76.4 Å². The smallest absolute Gasteiger partial charge is 0.315 e. The molecule has 2 N–H and O–H groups in total. The van der Waals surface area contributed by atoms with E-state index in [0.29, 0.717) is 17.1 Å². The number of nitrogens with zero attached hydrogens (tertiary/aromatic N) is 1. The van der Waals surface area contributed by atoms with E-state index in [1.807, 2.05) is 43.5 Å². The van der Waals surface area contributed by atoms with E-state index in [1.54, 1.807) is 13.3 Å². The Balaban J connectivity index is 1.68. The third kappa shape index (κ3) is 3.35. The van der Waals surface area contributed by atoms with E-state index in [-0.39, 0.29) is 18.1 Å². The van der Waals surface area contributed by atoms with Gasteiger partial charge in [-0.05, 0) is 26.0 Å². The van der Waals surface area contributed by atoms with Crippen LogP contribution in [0, 0.1) is 0 Å². The third-order valence-electron chi connectivity index (χ3n) is 3.69. The fourth-order valence-electron chi connectivity index (χ4n) is 2.45. The maximum atomic E-state index is 12.2. The molecule has 0 bridgehead atoms. The minimum Gasteiger partial charge on any atom is -0.493 e. The molecule has 126 valence electrons. The average Bonchev–Trinajstić information content (AvgIpc) is 3.23. The molecule has 1 aromatic carbocycles. The molecule has 2 amide bonds. The highest BCUT2D eigenvalue weighted by Gasteiger charge is 2.18. The Labute approximate surface area is 143 Å². The second-order valence-corrected chi connectivity index (χ2v) is 6.39. The van der Waals surface area contributed by atoms with Crippen molar-refractivity contribution in [2.75, 3.05) is 7.11 Å². The molecule has 0 aliphatic heterocycles. The van der Waals surface area contributed by atoms with Crippen LogP contribution in [0.4, 0.5) is 4.79 Å². The van der Waals surface area contributed by atoms with Crippen LogP contribution < -0.4 is 15.4 Å². The Morgan fingerprint density at radius 3 is 2.79 bits per heavy atom. The van der Waals surface area contributed by atoms with E-state index in [1.165, 1.54) is 11.3 Å². The molecule has 2 aromatic heterocycles. The molecular weight excluding hydrogens is 326 g/mol. The largest absolute Gasteiger partial charge is 0.493 e. The summed E-state index contributed by atoms with van der Waals surface area (Å²) >= 11 is 1.51. The minimum atomic E-state index is -0.273. The van der Waals surface area contributed by atoms with Gasteiger partial charge >= 0.3 is 6.03 Å². The van der Waals surface area contributed by atoms with Crippen LogP contribution in [0.3, 0.4) is 0 Å². The Morgan fingerprint density at radius 2 is 2.08 bits per heavy atom. The summed E-state index contributed by atoms with van der Waals surface area (Å²) in [5, 5.41) is 9.44. The second kappa shape index (κ2) is 6.92. The molecule has 2 heterocycles. The van der Waals surface area contributed by atoms with Crippen molar-refractivity contribution in [3.8, 4) is 5.75 Å². The van der Waals surface area contributed by atoms with Crippen molar-refractivity contribution in [2.24, 2.45) is 0 Å². The fourth-order valence-corrected chi connectivity index (χ4v) is 3.09. The number of hydrogen-bond donors (Lipinski definition) is 2. The number of aromatic nitrogens is 1. The maximum absolute atomic E-state index is 12.2. The Kier molecular flexibility index (Phi) is 4.71. The van der Waals surface area contributed by atoms with Crippen LogP contribution in [-0.4, -0.2) is 18.1 Å². The van der Waals surface area contributed by atoms with Crippen LogP contribution in [0.2, 0.25) is 0 Å².